The summed E-state index contributed by atoms with van der Waals surface area (Å²) in [6, 6.07) is 14.4. The molecular weight excluding hydrogens is 274 g/mol. The van der Waals surface area contributed by atoms with E-state index >= 15 is 0 Å². The van der Waals surface area contributed by atoms with Gasteiger partial charge in [0, 0.05) is 17.0 Å². The van der Waals surface area contributed by atoms with Crippen molar-refractivity contribution in [3.63, 3.8) is 0 Å². The number of hydrogen-bond donors (Lipinski definition) is 1. The SMILES string of the molecule is CC(NC(C#N)c1ccc([N+](=O)[O-])s1)c1ccccc1. The van der Waals surface area contributed by atoms with Crippen LogP contribution in [0.1, 0.15) is 29.4 Å². The highest BCUT2D eigenvalue weighted by Gasteiger charge is 2.19. The molecule has 0 saturated heterocycles. The van der Waals surface area contributed by atoms with Gasteiger partial charge in [-0.3, -0.25) is 15.4 Å². The maximum Gasteiger partial charge on any atom is 0.324 e. The number of nitrogens with zero attached hydrogens (tertiary/aromatic N) is 2. The van der Waals surface area contributed by atoms with Crippen LogP contribution >= 0.6 is 11.3 Å². The minimum absolute atomic E-state index is 0.0120. The summed E-state index contributed by atoms with van der Waals surface area (Å²) in [6.45, 7) is 1.96. The second-order valence-electron chi connectivity index (χ2n) is 4.29. The summed E-state index contributed by atoms with van der Waals surface area (Å²) in [7, 11) is 0. The van der Waals surface area contributed by atoms with E-state index in [2.05, 4.69) is 11.4 Å². The molecule has 0 radical (unpaired) electrons. The highest BCUT2D eigenvalue weighted by Crippen LogP contribution is 2.30. The monoisotopic (exact) mass is 287 g/mol. The number of thiophene rings is 1. The van der Waals surface area contributed by atoms with Gasteiger partial charge in [-0.25, -0.2) is 0 Å². The molecule has 5 nitrogen and oxygen atoms in total. The zero-order valence-corrected chi connectivity index (χ0v) is 11.6. The molecule has 0 fully saturated rings. The molecule has 102 valence electrons. The van der Waals surface area contributed by atoms with Gasteiger partial charge in [-0.05, 0) is 18.6 Å². The molecule has 0 bridgehead atoms. The molecule has 1 N–H and O–H groups in total. The van der Waals surface area contributed by atoms with E-state index in [1.54, 1.807) is 6.07 Å². The Morgan fingerprint density at radius 2 is 2.00 bits per heavy atom. The summed E-state index contributed by atoms with van der Waals surface area (Å²) in [6.07, 6.45) is 0. The molecule has 0 spiro atoms. The second-order valence-corrected chi connectivity index (χ2v) is 5.39. The average molecular weight is 287 g/mol. The largest absolute Gasteiger partial charge is 0.324 e. The maximum absolute atomic E-state index is 10.7. The van der Waals surface area contributed by atoms with Crippen LogP contribution < -0.4 is 5.32 Å². The van der Waals surface area contributed by atoms with Crippen LogP contribution in [0.5, 0.6) is 0 Å². The minimum Gasteiger partial charge on any atom is -0.291 e. The summed E-state index contributed by atoms with van der Waals surface area (Å²) < 4.78 is 0. The van der Waals surface area contributed by atoms with Crippen LogP contribution in [0.25, 0.3) is 0 Å². The quantitative estimate of drug-likeness (QED) is 0.673. The Morgan fingerprint density at radius 1 is 1.30 bits per heavy atom. The van der Waals surface area contributed by atoms with E-state index < -0.39 is 11.0 Å². The Balaban J connectivity index is 2.13. The van der Waals surface area contributed by atoms with E-state index in [0.717, 1.165) is 16.9 Å². The van der Waals surface area contributed by atoms with Crippen LogP contribution in [0, 0.1) is 21.4 Å². The second kappa shape index (κ2) is 6.28. The highest BCUT2D eigenvalue weighted by molar-refractivity contribution is 7.15. The molecule has 1 heterocycles. The molecule has 20 heavy (non-hydrogen) atoms. The fraction of sp³-hybridized carbons (Fsp3) is 0.214. The predicted octanol–water partition coefficient (Wildman–Crippen LogP) is 3.57. The van der Waals surface area contributed by atoms with Gasteiger partial charge in [0.2, 0.25) is 0 Å². The predicted molar refractivity (Wildman–Crippen MR) is 77.3 cm³/mol. The van der Waals surface area contributed by atoms with Gasteiger partial charge in [-0.1, -0.05) is 41.7 Å². The average Bonchev–Trinajstić information content (AvgIpc) is 2.95. The van der Waals surface area contributed by atoms with Crippen molar-refractivity contribution in [2.45, 2.75) is 19.0 Å². The first-order chi connectivity index (χ1) is 9.61. The zero-order chi connectivity index (χ0) is 14.5. The van der Waals surface area contributed by atoms with Crippen molar-refractivity contribution in [2.75, 3.05) is 0 Å². The van der Waals surface area contributed by atoms with E-state index in [1.807, 2.05) is 37.3 Å². The number of nitro groups is 1. The normalized spacial score (nSPS) is 13.4. The van der Waals surface area contributed by atoms with Gasteiger partial charge >= 0.3 is 5.00 Å². The molecule has 6 heteroatoms. The molecule has 2 atom stereocenters. The van der Waals surface area contributed by atoms with E-state index in [9.17, 15) is 15.4 Å². The van der Waals surface area contributed by atoms with Crippen LogP contribution in [0.2, 0.25) is 0 Å². The molecule has 0 aliphatic heterocycles. The van der Waals surface area contributed by atoms with Crippen LogP contribution in [-0.2, 0) is 0 Å². The van der Waals surface area contributed by atoms with Crippen molar-refractivity contribution in [3.05, 3.63) is 63.0 Å². The van der Waals surface area contributed by atoms with E-state index in [1.165, 1.54) is 6.07 Å². The third-order valence-electron chi connectivity index (χ3n) is 2.92. The smallest absolute Gasteiger partial charge is 0.291 e. The zero-order valence-electron chi connectivity index (χ0n) is 10.8. The topological polar surface area (TPSA) is 79.0 Å². The molecule has 1 aromatic heterocycles. The molecule has 2 unspecified atom stereocenters. The molecule has 2 rings (SSSR count). The number of nitrogens with one attached hydrogen (secondary N) is 1. The Hall–Kier alpha value is -2.23. The first-order valence-corrected chi connectivity index (χ1v) is 6.88. The molecular formula is C14H13N3O2S. The maximum atomic E-state index is 10.7. The molecule has 0 aliphatic rings. The number of hydrogen-bond acceptors (Lipinski definition) is 5. The summed E-state index contributed by atoms with van der Waals surface area (Å²) in [5.41, 5.74) is 1.07. The van der Waals surface area contributed by atoms with Gasteiger partial charge in [-0.2, -0.15) is 5.26 Å². The summed E-state index contributed by atoms with van der Waals surface area (Å²) in [5, 5.41) is 23.2. The van der Waals surface area contributed by atoms with Gasteiger partial charge in [-0.15, -0.1) is 0 Å². The Labute approximate surface area is 120 Å². The van der Waals surface area contributed by atoms with Crippen LogP contribution in [0.15, 0.2) is 42.5 Å². The number of benzene rings is 1. The minimum atomic E-state index is -0.552. The molecule has 1 aromatic carbocycles. The van der Waals surface area contributed by atoms with Crippen molar-refractivity contribution in [2.24, 2.45) is 0 Å². The summed E-state index contributed by atoms with van der Waals surface area (Å²) >= 11 is 1.03. The first-order valence-electron chi connectivity index (χ1n) is 6.06. The fourth-order valence-electron chi connectivity index (χ4n) is 1.87. The van der Waals surface area contributed by atoms with Gasteiger partial charge in [0.15, 0.2) is 0 Å². The van der Waals surface area contributed by atoms with Crippen LogP contribution in [0.4, 0.5) is 5.00 Å². The fourth-order valence-corrected chi connectivity index (χ4v) is 2.69. The summed E-state index contributed by atoms with van der Waals surface area (Å²) in [5.74, 6) is 0. The number of nitriles is 1. The Bertz CT molecular complexity index is 633. The van der Waals surface area contributed by atoms with Crippen LogP contribution in [0.3, 0.4) is 0 Å². The van der Waals surface area contributed by atoms with E-state index in [0.29, 0.717) is 4.88 Å². The standard InChI is InChI=1S/C14H13N3O2S/c1-10(11-5-3-2-4-6-11)16-12(9-15)13-7-8-14(20-13)17(18)19/h2-8,10,12,16H,1H3. The van der Waals surface area contributed by atoms with E-state index in [4.69, 9.17) is 0 Å². The summed E-state index contributed by atoms with van der Waals surface area (Å²) in [4.78, 5) is 10.9. The first kappa shape index (κ1) is 14.2. The van der Waals surface area contributed by atoms with Gasteiger partial charge in [0.1, 0.15) is 6.04 Å². The van der Waals surface area contributed by atoms with Crippen LogP contribution in [-0.4, -0.2) is 4.92 Å². The van der Waals surface area contributed by atoms with Gasteiger partial charge in [0.05, 0.1) is 11.0 Å². The Kier molecular flexibility index (Phi) is 4.45. The third kappa shape index (κ3) is 3.20. The third-order valence-corrected chi connectivity index (χ3v) is 4.02. The van der Waals surface area contributed by atoms with Gasteiger partial charge in [0.25, 0.3) is 0 Å². The van der Waals surface area contributed by atoms with Crippen molar-refractivity contribution in [1.82, 2.24) is 5.32 Å². The lowest BCUT2D eigenvalue weighted by atomic mass is 10.1. The highest BCUT2D eigenvalue weighted by atomic mass is 32.1. The lowest BCUT2D eigenvalue weighted by molar-refractivity contribution is -0.380. The lowest BCUT2D eigenvalue weighted by Crippen LogP contribution is -2.22. The van der Waals surface area contributed by atoms with Crippen molar-refractivity contribution in [3.8, 4) is 6.07 Å². The molecule has 2 aromatic rings. The van der Waals surface area contributed by atoms with Gasteiger partial charge < -0.3 is 0 Å². The number of rotatable bonds is 5. The lowest BCUT2D eigenvalue weighted by Gasteiger charge is -2.17. The van der Waals surface area contributed by atoms with Crippen molar-refractivity contribution < 1.29 is 4.92 Å². The Morgan fingerprint density at radius 3 is 2.55 bits per heavy atom. The molecule has 0 saturated carbocycles. The van der Waals surface area contributed by atoms with Crippen molar-refractivity contribution in [1.29, 1.82) is 5.26 Å². The molecule has 0 amide bonds. The van der Waals surface area contributed by atoms with E-state index in [-0.39, 0.29) is 11.0 Å². The molecule has 0 aliphatic carbocycles. The van der Waals surface area contributed by atoms with Crippen molar-refractivity contribution >= 4 is 16.3 Å².